The monoisotopic (exact) mass is 337 g/mol. The molecule has 0 aliphatic carbocycles. The van der Waals surface area contributed by atoms with E-state index in [4.69, 9.17) is 16.1 Å². The van der Waals surface area contributed by atoms with Crippen molar-refractivity contribution in [2.45, 2.75) is 46.1 Å². The molecule has 23 heavy (non-hydrogen) atoms. The number of amides is 1. The number of carbonyl (C=O) groups excluding carboxylic acids is 1. The molecule has 1 saturated heterocycles. The minimum Gasteiger partial charge on any atom is -0.340 e. The fourth-order valence-corrected chi connectivity index (χ4v) is 3.09. The van der Waals surface area contributed by atoms with E-state index in [1.165, 1.54) is 0 Å². The SMILES string of the molecule is Cc1nc([C@H]2CCCN(C(=O)Cn3nc(C)c(Cl)c3C)C2)no1. The average Bonchev–Trinajstić information content (AvgIpc) is 3.07. The van der Waals surface area contributed by atoms with Gasteiger partial charge in [-0.2, -0.15) is 10.1 Å². The molecule has 1 aliphatic rings. The second-order valence-corrected chi connectivity index (χ2v) is 6.37. The van der Waals surface area contributed by atoms with Crippen LogP contribution >= 0.6 is 11.6 Å². The maximum Gasteiger partial charge on any atom is 0.244 e. The number of hydrogen-bond donors (Lipinski definition) is 0. The van der Waals surface area contributed by atoms with E-state index >= 15 is 0 Å². The van der Waals surface area contributed by atoms with Crippen molar-refractivity contribution in [1.82, 2.24) is 24.8 Å². The summed E-state index contributed by atoms with van der Waals surface area (Å²) in [6.07, 6.45) is 1.90. The number of nitrogens with zero attached hydrogens (tertiary/aromatic N) is 5. The predicted octanol–water partition coefficient (Wildman–Crippen LogP) is 2.25. The van der Waals surface area contributed by atoms with Crippen molar-refractivity contribution in [3.05, 3.63) is 28.1 Å². The van der Waals surface area contributed by atoms with Crippen molar-refractivity contribution < 1.29 is 9.32 Å². The Labute approximate surface area is 139 Å². The summed E-state index contributed by atoms with van der Waals surface area (Å²) in [5.74, 6) is 1.42. The number of halogens is 1. The summed E-state index contributed by atoms with van der Waals surface area (Å²) in [5.41, 5.74) is 1.57. The Morgan fingerprint density at radius 2 is 2.17 bits per heavy atom. The zero-order chi connectivity index (χ0) is 16.6. The van der Waals surface area contributed by atoms with Gasteiger partial charge in [0.05, 0.1) is 16.4 Å². The van der Waals surface area contributed by atoms with Crippen LogP contribution in [0.4, 0.5) is 0 Å². The fraction of sp³-hybridized carbons (Fsp3) is 0.600. The van der Waals surface area contributed by atoms with E-state index in [0.29, 0.717) is 23.3 Å². The zero-order valence-electron chi connectivity index (χ0n) is 13.5. The van der Waals surface area contributed by atoms with E-state index in [0.717, 1.165) is 30.8 Å². The standard InChI is InChI=1S/C15H20ClN5O2/c1-9-14(16)10(2)21(18-9)8-13(22)20-6-4-5-12(7-20)15-17-11(3)23-19-15/h12H,4-8H2,1-3H3/t12-/m0/s1. The van der Waals surface area contributed by atoms with Crippen LogP contribution < -0.4 is 0 Å². The van der Waals surface area contributed by atoms with Gasteiger partial charge < -0.3 is 9.42 Å². The van der Waals surface area contributed by atoms with Gasteiger partial charge in [0.25, 0.3) is 0 Å². The first kappa shape index (κ1) is 16.0. The molecule has 0 unspecified atom stereocenters. The first-order valence-electron chi connectivity index (χ1n) is 7.73. The van der Waals surface area contributed by atoms with E-state index in [9.17, 15) is 4.79 Å². The highest BCUT2D eigenvalue weighted by molar-refractivity contribution is 6.31. The van der Waals surface area contributed by atoms with Crippen LogP contribution in [-0.4, -0.2) is 43.8 Å². The van der Waals surface area contributed by atoms with Gasteiger partial charge in [0.2, 0.25) is 11.8 Å². The molecule has 3 heterocycles. The maximum atomic E-state index is 12.6. The van der Waals surface area contributed by atoms with Gasteiger partial charge in [-0.3, -0.25) is 9.48 Å². The molecule has 1 aliphatic heterocycles. The maximum absolute atomic E-state index is 12.6. The molecule has 0 bridgehead atoms. The van der Waals surface area contributed by atoms with Gasteiger partial charge in [-0.25, -0.2) is 0 Å². The summed E-state index contributed by atoms with van der Waals surface area (Å²) in [4.78, 5) is 18.7. The Balaban J connectivity index is 1.68. The Kier molecular flexibility index (Phi) is 4.39. The molecular weight excluding hydrogens is 318 g/mol. The molecule has 1 amide bonds. The highest BCUT2D eigenvalue weighted by Gasteiger charge is 2.28. The largest absolute Gasteiger partial charge is 0.340 e. The molecule has 0 N–H and O–H groups in total. The molecule has 1 fully saturated rings. The molecule has 0 radical (unpaired) electrons. The lowest BCUT2D eigenvalue weighted by Crippen LogP contribution is -2.41. The predicted molar refractivity (Wildman–Crippen MR) is 84.3 cm³/mol. The summed E-state index contributed by atoms with van der Waals surface area (Å²) in [7, 11) is 0. The van der Waals surface area contributed by atoms with Crippen molar-refractivity contribution in [2.75, 3.05) is 13.1 Å². The molecular formula is C15H20ClN5O2. The minimum absolute atomic E-state index is 0.0391. The van der Waals surface area contributed by atoms with Crippen LogP contribution in [0.25, 0.3) is 0 Å². The lowest BCUT2D eigenvalue weighted by molar-refractivity contribution is -0.133. The number of aromatic nitrogens is 4. The molecule has 3 rings (SSSR count). The van der Waals surface area contributed by atoms with Gasteiger partial charge in [-0.15, -0.1) is 0 Å². The van der Waals surface area contributed by atoms with Crippen LogP contribution in [-0.2, 0) is 11.3 Å². The number of hydrogen-bond acceptors (Lipinski definition) is 5. The third kappa shape index (κ3) is 3.24. The highest BCUT2D eigenvalue weighted by atomic mass is 35.5. The summed E-state index contributed by atoms with van der Waals surface area (Å²) in [6.45, 7) is 7.05. The Morgan fingerprint density at radius 1 is 1.39 bits per heavy atom. The number of carbonyl (C=O) groups is 1. The van der Waals surface area contributed by atoms with Gasteiger partial charge in [0.1, 0.15) is 6.54 Å². The number of piperidine rings is 1. The average molecular weight is 338 g/mol. The van der Waals surface area contributed by atoms with Crippen LogP contribution in [0.3, 0.4) is 0 Å². The number of likely N-dealkylation sites (tertiary alicyclic amines) is 1. The van der Waals surface area contributed by atoms with E-state index in [1.807, 2.05) is 18.7 Å². The van der Waals surface area contributed by atoms with E-state index in [-0.39, 0.29) is 18.4 Å². The Bertz CT molecular complexity index is 724. The molecule has 8 heteroatoms. The van der Waals surface area contributed by atoms with Crippen LogP contribution in [0.2, 0.25) is 5.02 Å². The van der Waals surface area contributed by atoms with Gasteiger partial charge in [-0.05, 0) is 26.7 Å². The molecule has 1 atom stereocenters. The fourth-order valence-electron chi connectivity index (χ4n) is 2.95. The van der Waals surface area contributed by atoms with Crippen LogP contribution in [0, 0.1) is 20.8 Å². The van der Waals surface area contributed by atoms with Crippen molar-refractivity contribution >= 4 is 17.5 Å². The Morgan fingerprint density at radius 3 is 2.78 bits per heavy atom. The quantitative estimate of drug-likeness (QED) is 0.858. The summed E-state index contributed by atoms with van der Waals surface area (Å²) in [6, 6.07) is 0. The van der Waals surface area contributed by atoms with Gasteiger partial charge in [0.15, 0.2) is 5.82 Å². The van der Waals surface area contributed by atoms with E-state index in [1.54, 1.807) is 11.6 Å². The molecule has 0 spiro atoms. The topological polar surface area (TPSA) is 77.1 Å². The molecule has 124 valence electrons. The highest BCUT2D eigenvalue weighted by Crippen LogP contribution is 2.25. The normalized spacial score (nSPS) is 18.4. The smallest absolute Gasteiger partial charge is 0.244 e. The van der Waals surface area contributed by atoms with Crippen molar-refractivity contribution in [2.24, 2.45) is 0 Å². The Hall–Kier alpha value is -1.89. The molecule has 2 aromatic rings. The van der Waals surface area contributed by atoms with Crippen molar-refractivity contribution in [1.29, 1.82) is 0 Å². The third-order valence-electron chi connectivity index (χ3n) is 4.26. The van der Waals surface area contributed by atoms with Crippen LogP contribution in [0.5, 0.6) is 0 Å². The minimum atomic E-state index is 0.0391. The molecule has 7 nitrogen and oxygen atoms in total. The van der Waals surface area contributed by atoms with Gasteiger partial charge >= 0.3 is 0 Å². The van der Waals surface area contributed by atoms with Crippen LogP contribution in [0.15, 0.2) is 4.52 Å². The lowest BCUT2D eigenvalue weighted by Gasteiger charge is -2.31. The molecule has 0 aromatic carbocycles. The van der Waals surface area contributed by atoms with Crippen molar-refractivity contribution in [3.8, 4) is 0 Å². The van der Waals surface area contributed by atoms with Crippen molar-refractivity contribution in [3.63, 3.8) is 0 Å². The number of rotatable bonds is 3. The molecule has 0 saturated carbocycles. The second-order valence-electron chi connectivity index (χ2n) is 5.99. The van der Waals surface area contributed by atoms with Crippen LogP contribution in [0.1, 0.15) is 41.9 Å². The van der Waals surface area contributed by atoms with Gasteiger partial charge in [-0.1, -0.05) is 16.8 Å². The van der Waals surface area contributed by atoms with E-state index in [2.05, 4.69) is 15.2 Å². The first-order chi connectivity index (χ1) is 11.0. The summed E-state index contributed by atoms with van der Waals surface area (Å²) >= 11 is 6.14. The number of aryl methyl sites for hydroxylation is 2. The third-order valence-corrected chi connectivity index (χ3v) is 4.81. The first-order valence-corrected chi connectivity index (χ1v) is 8.11. The summed E-state index contributed by atoms with van der Waals surface area (Å²) in [5, 5.41) is 8.93. The van der Waals surface area contributed by atoms with Gasteiger partial charge in [0, 0.05) is 25.9 Å². The lowest BCUT2D eigenvalue weighted by atomic mass is 9.97. The zero-order valence-corrected chi connectivity index (χ0v) is 14.3. The molecule has 2 aromatic heterocycles. The summed E-state index contributed by atoms with van der Waals surface area (Å²) < 4.78 is 6.72. The second kappa shape index (κ2) is 6.31. The van der Waals surface area contributed by atoms with E-state index < -0.39 is 0 Å².